The molecule has 4 heteroatoms. The number of pyridine rings is 1. The molecule has 1 saturated carbocycles. The maximum absolute atomic E-state index is 12.5. The first-order chi connectivity index (χ1) is 11.0. The van der Waals surface area contributed by atoms with Crippen molar-refractivity contribution in [3.63, 3.8) is 0 Å². The van der Waals surface area contributed by atoms with Crippen molar-refractivity contribution >= 4 is 16.8 Å². The average molecular weight is 312 g/mol. The van der Waals surface area contributed by atoms with E-state index in [9.17, 15) is 9.90 Å². The van der Waals surface area contributed by atoms with Gasteiger partial charge in [0.05, 0.1) is 22.9 Å². The van der Waals surface area contributed by atoms with E-state index in [4.69, 9.17) is 0 Å². The summed E-state index contributed by atoms with van der Waals surface area (Å²) in [7, 11) is 0. The van der Waals surface area contributed by atoms with E-state index in [0.29, 0.717) is 18.0 Å². The lowest BCUT2D eigenvalue weighted by atomic mass is 9.87. The van der Waals surface area contributed by atoms with Crippen LogP contribution < -0.4 is 5.32 Å². The second kappa shape index (κ2) is 6.67. The largest absolute Gasteiger partial charge is 0.393 e. The van der Waals surface area contributed by atoms with E-state index in [2.05, 4.69) is 16.4 Å². The number of nitrogens with zero attached hydrogens (tertiary/aromatic N) is 1. The van der Waals surface area contributed by atoms with E-state index in [0.717, 1.165) is 47.8 Å². The number of benzene rings is 1. The third-order valence-electron chi connectivity index (χ3n) is 4.71. The van der Waals surface area contributed by atoms with Crippen molar-refractivity contribution in [3.05, 3.63) is 41.1 Å². The van der Waals surface area contributed by atoms with Crippen molar-refractivity contribution in [3.8, 4) is 0 Å². The molecule has 122 valence electrons. The zero-order chi connectivity index (χ0) is 16.4. The first-order valence-corrected chi connectivity index (χ1v) is 8.37. The van der Waals surface area contributed by atoms with Crippen molar-refractivity contribution in [1.82, 2.24) is 10.3 Å². The average Bonchev–Trinajstić information content (AvgIpc) is 2.52. The number of carbonyl (C=O) groups is 1. The summed E-state index contributed by atoms with van der Waals surface area (Å²) in [5.74, 6) is 0.303. The van der Waals surface area contributed by atoms with Crippen molar-refractivity contribution < 1.29 is 9.90 Å². The predicted molar refractivity (Wildman–Crippen MR) is 91.5 cm³/mol. The van der Waals surface area contributed by atoms with Crippen molar-refractivity contribution in [1.29, 1.82) is 0 Å². The normalized spacial score (nSPS) is 21.3. The minimum absolute atomic E-state index is 0.0709. The third kappa shape index (κ3) is 3.70. The van der Waals surface area contributed by atoms with Crippen LogP contribution in [0.3, 0.4) is 0 Å². The maximum Gasteiger partial charge on any atom is 0.253 e. The quantitative estimate of drug-likeness (QED) is 0.915. The Hall–Kier alpha value is -1.94. The molecule has 1 aliphatic carbocycles. The number of fused-ring (bicyclic) bond motifs is 1. The van der Waals surface area contributed by atoms with E-state index < -0.39 is 0 Å². The minimum atomic E-state index is -0.210. The van der Waals surface area contributed by atoms with Gasteiger partial charge in [-0.3, -0.25) is 9.78 Å². The Labute approximate surface area is 136 Å². The number of nitrogens with one attached hydrogen (secondary N) is 1. The lowest BCUT2D eigenvalue weighted by molar-refractivity contribution is 0.0873. The van der Waals surface area contributed by atoms with Crippen LogP contribution in [0.25, 0.3) is 10.9 Å². The van der Waals surface area contributed by atoms with Gasteiger partial charge in [0.2, 0.25) is 0 Å². The third-order valence-corrected chi connectivity index (χ3v) is 4.71. The summed E-state index contributed by atoms with van der Waals surface area (Å²) in [6.07, 6.45) is 3.58. The van der Waals surface area contributed by atoms with Gasteiger partial charge in [-0.05, 0) is 57.2 Å². The highest BCUT2D eigenvalue weighted by molar-refractivity contribution is 5.98. The molecule has 0 spiro atoms. The Balaban J connectivity index is 1.73. The fraction of sp³-hybridized carbons (Fsp3) is 0.474. The molecular weight excluding hydrogens is 288 g/mol. The Morgan fingerprint density at radius 3 is 2.91 bits per heavy atom. The van der Waals surface area contributed by atoms with Gasteiger partial charge in [0, 0.05) is 11.9 Å². The van der Waals surface area contributed by atoms with Gasteiger partial charge in [0.15, 0.2) is 0 Å². The number of hydrogen-bond donors (Lipinski definition) is 2. The molecule has 0 aliphatic heterocycles. The summed E-state index contributed by atoms with van der Waals surface area (Å²) in [6.45, 7) is 4.53. The number of aliphatic hydroxyl groups excluding tert-OH is 1. The Kier molecular flexibility index (Phi) is 4.62. The van der Waals surface area contributed by atoms with Crippen LogP contribution in [-0.4, -0.2) is 28.6 Å². The summed E-state index contributed by atoms with van der Waals surface area (Å²) < 4.78 is 0. The second-order valence-electron chi connectivity index (χ2n) is 6.71. The van der Waals surface area contributed by atoms with Crippen LogP contribution in [0.5, 0.6) is 0 Å². The maximum atomic E-state index is 12.5. The number of rotatable bonds is 3. The molecule has 1 heterocycles. The molecule has 1 fully saturated rings. The zero-order valence-electron chi connectivity index (χ0n) is 13.8. The first-order valence-electron chi connectivity index (χ1n) is 8.37. The van der Waals surface area contributed by atoms with E-state index in [1.54, 1.807) is 0 Å². The van der Waals surface area contributed by atoms with Crippen LogP contribution >= 0.6 is 0 Å². The van der Waals surface area contributed by atoms with E-state index in [1.807, 2.05) is 32.0 Å². The smallest absolute Gasteiger partial charge is 0.253 e. The fourth-order valence-corrected chi connectivity index (χ4v) is 3.40. The second-order valence-corrected chi connectivity index (χ2v) is 6.71. The van der Waals surface area contributed by atoms with E-state index >= 15 is 0 Å². The summed E-state index contributed by atoms with van der Waals surface area (Å²) in [5.41, 5.74) is 3.47. The predicted octanol–water partition coefficient (Wildman–Crippen LogP) is 3.13. The molecular formula is C19H24N2O2. The standard InChI is InChI=1S/C19H24N2O2/c1-12-6-7-18-15(8-12)10-17(13(2)21-18)19(23)20-11-14-4-3-5-16(22)9-14/h6-8,10,14,16,22H,3-5,9,11H2,1-2H3,(H,20,23). The molecule has 4 nitrogen and oxygen atoms in total. The molecule has 2 aromatic rings. The first kappa shape index (κ1) is 15.9. The van der Waals surface area contributed by atoms with Crippen LogP contribution in [0.4, 0.5) is 0 Å². The van der Waals surface area contributed by atoms with Gasteiger partial charge in [0.25, 0.3) is 5.91 Å². The van der Waals surface area contributed by atoms with Gasteiger partial charge < -0.3 is 10.4 Å². The SMILES string of the molecule is Cc1ccc2nc(C)c(C(=O)NCC3CCCC(O)C3)cc2c1. The number of carbonyl (C=O) groups excluding carboxylic acids is 1. The molecule has 1 amide bonds. The number of amides is 1. The van der Waals surface area contributed by atoms with E-state index in [1.165, 1.54) is 0 Å². The molecule has 2 unspecified atom stereocenters. The molecule has 0 saturated heterocycles. The molecule has 3 rings (SSSR count). The Bertz CT molecular complexity index is 727. The monoisotopic (exact) mass is 312 g/mol. The van der Waals surface area contributed by atoms with Crippen LogP contribution in [0.15, 0.2) is 24.3 Å². The van der Waals surface area contributed by atoms with Crippen molar-refractivity contribution in [2.75, 3.05) is 6.54 Å². The molecule has 2 atom stereocenters. The topological polar surface area (TPSA) is 62.2 Å². The number of aliphatic hydroxyl groups is 1. The molecule has 23 heavy (non-hydrogen) atoms. The van der Waals surface area contributed by atoms with E-state index in [-0.39, 0.29) is 12.0 Å². The van der Waals surface area contributed by atoms with Gasteiger partial charge in [-0.2, -0.15) is 0 Å². The highest BCUT2D eigenvalue weighted by Crippen LogP contribution is 2.24. The fourth-order valence-electron chi connectivity index (χ4n) is 3.40. The summed E-state index contributed by atoms with van der Waals surface area (Å²) in [4.78, 5) is 17.0. The summed E-state index contributed by atoms with van der Waals surface area (Å²) >= 11 is 0. The van der Waals surface area contributed by atoms with Gasteiger partial charge in [-0.15, -0.1) is 0 Å². The van der Waals surface area contributed by atoms with Gasteiger partial charge in [0.1, 0.15) is 0 Å². The molecule has 2 N–H and O–H groups in total. The number of aryl methyl sites for hydroxylation is 2. The Morgan fingerprint density at radius 1 is 1.30 bits per heavy atom. The molecule has 1 aromatic heterocycles. The van der Waals surface area contributed by atoms with Crippen LogP contribution in [0, 0.1) is 19.8 Å². The highest BCUT2D eigenvalue weighted by Gasteiger charge is 2.21. The lowest BCUT2D eigenvalue weighted by Crippen LogP contribution is -2.33. The van der Waals surface area contributed by atoms with Crippen LogP contribution in [0.1, 0.15) is 47.3 Å². The van der Waals surface area contributed by atoms with Crippen molar-refractivity contribution in [2.45, 2.75) is 45.6 Å². The van der Waals surface area contributed by atoms with Gasteiger partial charge >= 0.3 is 0 Å². The highest BCUT2D eigenvalue weighted by atomic mass is 16.3. The number of hydrogen-bond acceptors (Lipinski definition) is 3. The summed E-state index contributed by atoms with van der Waals surface area (Å²) in [5, 5.41) is 13.7. The van der Waals surface area contributed by atoms with Crippen LogP contribution in [-0.2, 0) is 0 Å². The molecule has 1 aliphatic rings. The van der Waals surface area contributed by atoms with Gasteiger partial charge in [-0.25, -0.2) is 0 Å². The lowest BCUT2D eigenvalue weighted by Gasteiger charge is -2.26. The molecule has 0 bridgehead atoms. The molecule has 0 radical (unpaired) electrons. The minimum Gasteiger partial charge on any atom is -0.393 e. The van der Waals surface area contributed by atoms with Crippen molar-refractivity contribution in [2.24, 2.45) is 5.92 Å². The number of aromatic nitrogens is 1. The van der Waals surface area contributed by atoms with Gasteiger partial charge in [-0.1, -0.05) is 18.1 Å². The molecule has 1 aromatic carbocycles. The Morgan fingerprint density at radius 2 is 2.13 bits per heavy atom. The summed E-state index contributed by atoms with van der Waals surface area (Å²) in [6, 6.07) is 8.00. The zero-order valence-corrected chi connectivity index (χ0v) is 13.8. The van der Waals surface area contributed by atoms with Crippen LogP contribution in [0.2, 0.25) is 0 Å².